The number of methoxy groups -OCH3 is 1. The fraction of sp³-hybridized carbons (Fsp3) is 0.114. The number of thiazole rings is 1. The third-order valence-corrected chi connectivity index (χ3v) is 8.36. The number of carbonyl (C=O) groups excluding carboxylic acids is 4. The number of para-hydroxylation sites is 1. The average Bonchev–Trinajstić information content (AvgIpc) is 3.65. The molecule has 230 valence electrons. The Bertz CT molecular complexity index is 1910. The summed E-state index contributed by atoms with van der Waals surface area (Å²) in [7, 11) is 1.53. The highest BCUT2D eigenvalue weighted by Gasteiger charge is 2.39. The van der Waals surface area contributed by atoms with Crippen LogP contribution in [0.2, 0.25) is 0 Å². The number of benzene rings is 4. The molecule has 2 heterocycles. The summed E-state index contributed by atoms with van der Waals surface area (Å²) in [4.78, 5) is 61.2. The van der Waals surface area contributed by atoms with E-state index in [1.807, 2.05) is 35.7 Å². The van der Waals surface area contributed by atoms with Gasteiger partial charge in [0.2, 0.25) is 5.91 Å². The molecule has 1 aromatic heterocycles. The molecule has 1 N–H and O–H groups in total. The summed E-state index contributed by atoms with van der Waals surface area (Å²) in [6.45, 7) is -0.613. The van der Waals surface area contributed by atoms with Crippen molar-refractivity contribution in [3.8, 4) is 17.0 Å². The summed E-state index contributed by atoms with van der Waals surface area (Å²) in [5.74, 6) is -2.66. The van der Waals surface area contributed by atoms with Crippen molar-refractivity contribution in [3.05, 3.63) is 130 Å². The van der Waals surface area contributed by atoms with Gasteiger partial charge in [-0.1, -0.05) is 54.6 Å². The van der Waals surface area contributed by atoms with E-state index in [1.54, 1.807) is 42.5 Å². The number of ketones is 1. The van der Waals surface area contributed by atoms with Gasteiger partial charge in [0.25, 0.3) is 17.6 Å². The van der Waals surface area contributed by atoms with Crippen molar-refractivity contribution in [1.82, 2.24) is 9.88 Å². The molecule has 0 saturated carbocycles. The van der Waals surface area contributed by atoms with Gasteiger partial charge >= 0.3 is 0 Å². The van der Waals surface area contributed by atoms with Crippen LogP contribution in [-0.2, 0) is 20.9 Å². The Morgan fingerprint density at radius 2 is 1.63 bits per heavy atom. The molecule has 1 unspecified atom stereocenters. The Labute approximate surface area is 267 Å². The molecule has 11 heteroatoms. The number of fused-ring (bicyclic) bond motifs is 1. The van der Waals surface area contributed by atoms with Crippen LogP contribution in [0, 0.1) is 5.82 Å². The Morgan fingerprint density at radius 3 is 2.35 bits per heavy atom. The highest BCUT2D eigenvalue weighted by molar-refractivity contribution is 7.09. The zero-order valence-corrected chi connectivity index (χ0v) is 25.4. The van der Waals surface area contributed by atoms with E-state index < -0.39 is 41.9 Å². The van der Waals surface area contributed by atoms with Crippen molar-refractivity contribution in [2.24, 2.45) is 0 Å². The molecule has 0 fully saturated rings. The SMILES string of the molecule is COc1ccc(NC(=O)C(c2ccc(F)cc2)N(Cc2nc(-c3ccccc3)cs2)C(=O)CN2C(=O)C(=O)c3ccccc32)cc1. The van der Waals surface area contributed by atoms with Crippen molar-refractivity contribution in [1.29, 1.82) is 0 Å². The molecule has 0 bridgehead atoms. The van der Waals surface area contributed by atoms with Gasteiger partial charge in [0.05, 0.1) is 30.6 Å². The lowest BCUT2D eigenvalue weighted by atomic mass is 10.0. The smallest absolute Gasteiger partial charge is 0.299 e. The molecule has 5 aromatic rings. The average molecular weight is 635 g/mol. The molecule has 3 amide bonds. The molecule has 1 aliphatic heterocycles. The van der Waals surface area contributed by atoms with E-state index in [9.17, 15) is 23.6 Å². The number of amides is 3. The lowest BCUT2D eigenvalue weighted by molar-refractivity contribution is -0.139. The maximum atomic E-state index is 14.3. The lowest BCUT2D eigenvalue weighted by Crippen LogP contribution is -2.46. The van der Waals surface area contributed by atoms with Crippen LogP contribution in [0.3, 0.4) is 0 Å². The molecule has 1 atom stereocenters. The predicted molar refractivity (Wildman–Crippen MR) is 172 cm³/mol. The van der Waals surface area contributed by atoms with Gasteiger partial charge in [0, 0.05) is 16.6 Å². The summed E-state index contributed by atoms with van der Waals surface area (Å²) in [5, 5.41) is 5.24. The number of hydrogen-bond donors (Lipinski definition) is 1. The number of hydrogen-bond acceptors (Lipinski definition) is 7. The van der Waals surface area contributed by atoms with Gasteiger partial charge in [-0.2, -0.15) is 0 Å². The van der Waals surface area contributed by atoms with Crippen LogP contribution in [-0.4, -0.2) is 47.0 Å². The third kappa shape index (κ3) is 6.26. The number of rotatable bonds is 10. The molecule has 0 spiro atoms. The Balaban J connectivity index is 1.39. The fourth-order valence-electron chi connectivity index (χ4n) is 5.23. The quantitative estimate of drug-likeness (QED) is 0.192. The highest BCUT2D eigenvalue weighted by Crippen LogP contribution is 2.32. The van der Waals surface area contributed by atoms with E-state index in [4.69, 9.17) is 9.72 Å². The molecule has 0 radical (unpaired) electrons. The van der Waals surface area contributed by atoms with Crippen LogP contribution in [0.1, 0.15) is 27.0 Å². The van der Waals surface area contributed by atoms with Gasteiger partial charge in [0.15, 0.2) is 0 Å². The summed E-state index contributed by atoms with van der Waals surface area (Å²) >= 11 is 1.31. The molecule has 4 aromatic carbocycles. The topological polar surface area (TPSA) is 109 Å². The molecule has 1 aliphatic rings. The van der Waals surface area contributed by atoms with Gasteiger partial charge in [-0.05, 0) is 54.1 Å². The second-order valence-corrected chi connectivity index (χ2v) is 11.4. The predicted octanol–water partition coefficient (Wildman–Crippen LogP) is 5.90. The normalized spacial score (nSPS) is 12.9. The maximum Gasteiger partial charge on any atom is 0.299 e. The fourth-order valence-corrected chi connectivity index (χ4v) is 6.03. The van der Waals surface area contributed by atoms with Crippen LogP contribution in [0.5, 0.6) is 5.75 Å². The monoisotopic (exact) mass is 634 g/mol. The lowest BCUT2D eigenvalue weighted by Gasteiger charge is -2.32. The third-order valence-electron chi connectivity index (χ3n) is 7.52. The highest BCUT2D eigenvalue weighted by atomic mass is 32.1. The van der Waals surface area contributed by atoms with Crippen LogP contribution in [0.4, 0.5) is 15.8 Å². The first-order valence-electron chi connectivity index (χ1n) is 14.3. The minimum atomic E-state index is -1.26. The van der Waals surface area contributed by atoms with E-state index in [0.717, 1.165) is 10.5 Å². The minimum Gasteiger partial charge on any atom is -0.497 e. The second kappa shape index (κ2) is 13.1. The van der Waals surface area contributed by atoms with Gasteiger partial charge < -0.3 is 15.0 Å². The summed E-state index contributed by atoms with van der Waals surface area (Å²) in [5.41, 5.74) is 2.88. The molecule has 0 saturated heterocycles. The van der Waals surface area contributed by atoms with E-state index >= 15 is 0 Å². The standard InChI is InChI=1S/C35H27FN4O5S/c1-45-26-17-15-25(16-18-26)37-34(43)32(23-11-13-24(36)14-12-23)40(19-30-38-28(21-46-30)22-7-3-2-4-8-22)31(41)20-39-29-10-6-5-9-27(29)33(42)35(39)44/h2-18,21,32H,19-20H2,1H3,(H,37,43). The van der Waals surface area contributed by atoms with Crippen molar-refractivity contribution >= 4 is 46.2 Å². The summed E-state index contributed by atoms with van der Waals surface area (Å²) < 4.78 is 19.3. The number of anilines is 2. The van der Waals surface area contributed by atoms with Crippen LogP contribution in [0.25, 0.3) is 11.3 Å². The number of Topliss-reactive ketones (excluding diaryl/α,β-unsaturated/α-hetero) is 1. The first kappa shape index (κ1) is 30.4. The van der Waals surface area contributed by atoms with Gasteiger partial charge in [0.1, 0.15) is 29.2 Å². The van der Waals surface area contributed by atoms with Crippen molar-refractivity contribution in [2.75, 3.05) is 23.9 Å². The van der Waals surface area contributed by atoms with E-state index in [2.05, 4.69) is 5.32 Å². The molecule has 6 rings (SSSR count). The number of carbonyl (C=O) groups is 4. The molecule has 9 nitrogen and oxygen atoms in total. The Kier molecular flexibility index (Phi) is 8.66. The first-order chi connectivity index (χ1) is 22.3. The Hall–Kier alpha value is -5.68. The number of nitrogens with one attached hydrogen (secondary N) is 1. The second-order valence-electron chi connectivity index (χ2n) is 10.4. The van der Waals surface area contributed by atoms with Crippen LogP contribution in [0.15, 0.2) is 109 Å². The number of nitrogens with zero attached hydrogens (tertiary/aromatic N) is 3. The molecule has 46 heavy (non-hydrogen) atoms. The molecular formula is C35H27FN4O5S. The minimum absolute atomic E-state index is 0.105. The number of halogens is 1. The van der Waals surface area contributed by atoms with Gasteiger partial charge in [-0.3, -0.25) is 24.1 Å². The van der Waals surface area contributed by atoms with Crippen LogP contribution >= 0.6 is 11.3 Å². The van der Waals surface area contributed by atoms with Crippen molar-refractivity contribution in [2.45, 2.75) is 12.6 Å². The zero-order valence-electron chi connectivity index (χ0n) is 24.6. The summed E-state index contributed by atoms with van der Waals surface area (Å²) in [6.07, 6.45) is 0. The first-order valence-corrected chi connectivity index (χ1v) is 15.1. The van der Waals surface area contributed by atoms with E-state index in [1.165, 1.54) is 53.7 Å². The number of aromatic nitrogens is 1. The number of ether oxygens (including phenoxy) is 1. The van der Waals surface area contributed by atoms with Gasteiger partial charge in [-0.25, -0.2) is 9.37 Å². The van der Waals surface area contributed by atoms with E-state index in [0.29, 0.717) is 33.4 Å². The molecule has 0 aliphatic carbocycles. The summed E-state index contributed by atoms with van der Waals surface area (Å²) in [6, 6.07) is 26.7. The largest absolute Gasteiger partial charge is 0.497 e. The van der Waals surface area contributed by atoms with Gasteiger partial charge in [-0.15, -0.1) is 11.3 Å². The van der Waals surface area contributed by atoms with Crippen molar-refractivity contribution in [3.63, 3.8) is 0 Å². The maximum absolute atomic E-state index is 14.3. The Morgan fingerprint density at radius 1 is 0.935 bits per heavy atom. The van der Waals surface area contributed by atoms with E-state index in [-0.39, 0.29) is 12.1 Å². The van der Waals surface area contributed by atoms with Crippen LogP contribution < -0.4 is 15.0 Å². The van der Waals surface area contributed by atoms with Crippen molar-refractivity contribution < 1.29 is 28.3 Å². The zero-order chi connectivity index (χ0) is 32.2. The molecular weight excluding hydrogens is 607 g/mol.